The van der Waals surface area contributed by atoms with Crippen molar-refractivity contribution in [3.05, 3.63) is 0 Å². The van der Waals surface area contributed by atoms with Crippen molar-refractivity contribution in [2.24, 2.45) is 0 Å². The van der Waals surface area contributed by atoms with E-state index in [1.807, 2.05) is 0 Å². The minimum Gasteiger partial charge on any atom is -0.301 e. The van der Waals surface area contributed by atoms with Crippen molar-refractivity contribution in [2.45, 2.75) is 32.7 Å². The van der Waals surface area contributed by atoms with E-state index in [1.165, 1.54) is 45.6 Å². The van der Waals surface area contributed by atoms with Gasteiger partial charge in [0.05, 0.1) is 0 Å². The normalized spacial score (nSPS) is 20.6. The Morgan fingerprint density at radius 3 is 2.21 bits per heavy atom. The number of hydrogen-bond donors (Lipinski definition) is 0. The molecule has 2 nitrogen and oxygen atoms in total. The molecule has 84 valence electrons. The van der Waals surface area contributed by atoms with Crippen molar-refractivity contribution in [1.82, 2.24) is 9.80 Å². The second-order valence-electron chi connectivity index (χ2n) is 4.37. The lowest BCUT2D eigenvalue weighted by Gasteiger charge is -2.36. The van der Waals surface area contributed by atoms with Gasteiger partial charge in [0.2, 0.25) is 0 Å². The van der Waals surface area contributed by atoms with Crippen molar-refractivity contribution in [1.29, 1.82) is 0 Å². The number of rotatable bonds is 5. The van der Waals surface area contributed by atoms with E-state index in [2.05, 4.69) is 39.6 Å². The molecule has 0 amide bonds. The van der Waals surface area contributed by atoms with Crippen LogP contribution in [0.4, 0.5) is 0 Å². The molecule has 0 aliphatic carbocycles. The molecule has 0 atom stereocenters. The highest BCUT2D eigenvalue weighted by Crippen LogP contribution is 2.07. The van der Waals surface area contributed by atoms with Crippen LogP contribution in [0.5, 0.6) is 0 Å². The highest BCUT2D eigenvalue weighted by Gasteiger charge is 2.17. The molecular weight excluding hydrogens is 240 g/mol. The summed E-state index contributed by atoms with van der Waals surface area (Å²) in [6, 6.07) is 0.722. The van der Waals surface area contributed by atoms with Crippen LogP contribution in [0.3, 0.4) is 0 Å². The fourth-order valence-corrected chi connectivity index (χ4v) is 2.33. The van der Waals surface area contributed by atoms with Gasteiger partial charge in [0, 0.05) is 37.6 Å². The molecule has 0 unspecified atom stereocenters. The van der Waals surface area contributed by atoms with E-state index in [0.717, 1.165) is 11.4 Å². The predicted octanol–water partition coefficient (Wildman–Crippen LogP) is 2.19. The third-order valence-electron chi connectivity index (χ3n) is 3.00. The zero-order chi connectivity index (χ0) is 10.4. The van der Waals surface area contributed by atoms with Crippen molar-refractivity contribution in [3.63, 3.8) is 0 Å². The second kappa shape index (κ2) is 6.81. The lowest BCUT2D eigenvalue weighted by molar-refractivity contribution is 0.108. The third kappa shape index (κ3) is 4.28. The summed E-state index contributed by atoms with van der Waals surface area (Å²) < 4.78 is 0. The number of alkyl halides is 1. The van der Waals surface area contributed by atoms with E-state index in [4.69, 9.17) is 0 Å². The number of unbranched alkanes of at least 4 members (excludes halogenated alkanes) is 1. The van der Waals surface area contributed by atoms with Gasteiger partial charge in [-0.15, -0.1) is 0 Å². The molecule has 1 heterocycles. The molecule has 0 spiro atoms. The van der Waals surface area contributed by atoms with E-state index in [-0.39, 0.29) is 0 Å². The molecule has 0 saturated carbocycles. The summed E-state index contributed by atoms with van der Waals surface area (Å²) in [5, 5.41) is 1.15. The highest BCUT2D eigenvalue weighted by atomic mass is 79.9. The van der Waals surface area contributed by atoms with Crippen molar-refractivity contribution < 1.29 is 0 Å². The summed E-state index contributed by atoms with van der Waals surface area (Å²) >= 11 is 3.48. The Kier molecular flexibility index (Phi) is 6.06. The van der Waals surface area contributed by atoms with Gasteiger partial charge in [-0.1, -0.05) is 15.9 Å². The number of piperazine rings is 1. The maximum atomic E-state index is 3.48. The van der Waals surface area contributed by atoms with Crippen molar-refractivity contribution in [2.75, 3.05) is 38.1 Å². The van der Waals surface area contributed by atoms with Crippen molar-refractivity contribution >= 4 is 15.9 Å². The van der Waals surface area contributed by atoms with Gasteiger partial charge in [-0.2, -0.15) is 0 Å². The number of halogens is 1. The predicted molar refractivity (Wildman–Crippen MR) is 66.2 cm³/mol. The first kappa shape index (κ1) is 12.5. The number of hydrogen-bond acceptors (Lipinski definition) is 2. The molecule has 0 aromatic carbocycles. The van der Waals surface area contributed by atoms with Gasteiger partial charge in [0.25, 0.3) is 0 Å². The molecule has 1 aliphatic heterocycles. The Bertz CT molecular complexity index is 142. The van der Waals surface area contributed by atoms with Gasteiger partial charge in [-0.05, 0) is 33.2 Å². The van der Waals surface area contributed by atoms with Gasteiger partial charge in [-0.3, -0.25) is 4.90 Å². The minimum atomic E-state index is 0.722. The summed E-state index contributed by atoms with van der Waals surface area (Å²) in [6.07, 6.45) is 2.65. The molecule has 1 saturated heterocycles. The molecule has 0 bridgehead atoms. The van der Waals surface area contributed by atoms with E-state index >= 15 is 0 Å². The van der Waals surface area contributed by atoms with Gasteiger partial charge >= 0.3 is 0 Å². The first-order valence-corrected chi connectivity index (χ1v) is 6.88. The Balaban J connectivity index is 2.09. The Labute approximate surface area is 96.8 Å². The van der Waals surface area contributed by atoms with Gasteiger partial charge in [-0.25, -0.2) is 0 Å². The lowest BCUT2D eigenvalue weighted by atomic mass is 10.2. The van der Waals surface area contributed by atoms with Crippen molar-refractivity contribution in [3.8, 4) is 0 Å². The van der Waals surface area contributed by atoms with E-state index in [9.17, 15) is 0 Å². The Morgan fingerprint density at radius 2 is 1.71 bits per heavy atom. The monoisotopic (exact) mass is 262 g/mol. The molecule has 0 aromatic heterocycles. The largest absolute Gasteiger partial charge is 0.301 e. The first-order chi connectivity index (χ1) is 6.74. The van der Waals surface area contributed by atoms with Crippen LogP contribution in [-0.4, -0.2) is 53.9 Å². The zero-order valence-corrected chi connectivity index (χ0v) is 11.1. The number of nitrogens with zero attached hydrogens (tertiary/aromatic N) is 2. The van der Waals surface area contributed by atoms with Crippen LogP contribution < -0.4 is 0 Å². The van der Waals surface area contributed by atoms with Gasteiger partial charge in [0.15, 0.2) is 0 Å². The SMILES string of the molecule is CC(C)N1CCN(CCCCBr)CC1. The zero-order valence-electron chi connectivity index (χ0n) is 9.51. The average molecular weight is 263 g/mol. The van der Waals surface area contributed by atoms with Crippen LogP contribution in [-0.2, 0) is 0 Å². The molecule has 0 radical (unpaired) electrons. The van der Waals surface area contributed by atoms with E-state index in [0.29, 0.717) is 0 Å². The molecule has 3 heteroatoms. The maximum Gasteiger partial charge on any atom is 0.0113 e. The lowest BCUT2D eigenvalue weighted by Crippen LogP contribution is -2.48. The van der Waals surface area contributed by atoms with Gasteiger partial charge in [0.1, 0.15) is 0 Å². The molecular formula is C11H23BrN2. The summed E-state index contributed by atoms with van der Waals surface area (Å²) in [6.45, 7) is 10.9. The summed E-state index contributed by atoms with van der Waals surface area (Å²) in [5.41, 5.74) is 0. The smallest absolute Gasteiger partial charge is 0.0113 e. The van der Waals surface area contributed by atoms with Crippen LogP contribution in [0.1, 0.15) is 26.7 Å². The standard InChI is InChI=1S/C11H23BrN2/c1-11(2)14-9-7-13(8-10-14)6-4-3-5-12/h11H,3-10H2,1-2H3. The first-order valence-electron chi connectivity index (χ1n) is 5.76. The van der Waals surface area contributed by atoms with Crippen LogP contribution in [0.25, 0.3) is 0 Å². The fourth-order valence-electron chi connectivity index (χ4n) is 1.93. The quantitative estimate of drug-likeness (QED) is 0.554. The second-order valence-corrected chi connectivity index (χ2v) is 5.16. The van der Waals surface area contributed by atoms with Crippen LogP contribution in [0.15, 0.2) is 0 Å². The van der Waals surface area contributed by atoms with E-state index in [1.54, 1.807) is 0 Å². The fraction of sp³-hybridized carbons (Fsp3) is 1.00. The Hall–Kier alpha value is 0.400. The van der Waals surface area contributed by atoms with Gasteiger partial charge < -0.3 is 4.90 Å². The summed E-state index contributed by atoms with van der Waals surface area (Å²) in [4.78, 5) is 5.17. The topological polar surface area (TPSA) is 6.48 Å². The molecule has 14 heavy (non-hydrogen) atoms. The molecule has 1 rings (SSSR count). The highest BCUT2D eigenvalue weighted by molar-refractivity contribution is 9.09. The maximum absolute atomic E-state index is 3.48. The van der Waals surface area contributed by atoms with Crippen LogP contribution in [0.2, 0.25) is 0 Å². The minimum absolute atomic E-state index is 0.722. The Morgan fingerprint density at radius 1 is 1.07 bits per heavy atom. The van der Waals surface area contributed by atoms with Crippen LogP contribution in [0, 0.1) is 0 Å². The van der Waals surface area contributed by atoms with Crippen LogP contribution >= 0.6 is 15.9 Å². The molecule has 1 aliphatic rings. The third-order valence-corrected chi connectivity index (χ3v) is 3.56. The molecule has 0 N–H and O–H groups in total. The van der Waals surface area contributed by atoms with E-state index < -0.39 is 0 Å². The average Bonchev–Trinajstić information content (AvgIpc) is 2.19. The molecule has 0 aromatic rings. The molecule has 1 fully saturated rings. The summed E-state index contributed by atoms with van der Waals surface area (Å²) in [7, 11) is 0. The summed E-state index contributed by atoms with van der Waals surface area (Å²) in [5.74, 6) is 0.